The maximum atomic E-state index is 13.0. The van der Waals surface area contributed by atoms with Gasteiger partial charge in [-0.25, -0.2) is 9.78 Å². The number of fused-ring (bicyclic) bond motifs is 3. The van der Waals surface area contributed by atoms with Crippen LogP contribution in [0.3, 0.4) is 0 Å². The molecule has 168 valence electrons. The number of nitrogens with one attached hydrogen (secondary N) is 1. The molecule has 9 nitrogen and oxygen atoms in total. The lowest BCUT2D eigenvalue weighted by Gasteiger charge is -2.28. The second kappa shape index (κ2) is 7.65. The van der Waals surface area contributed by atoms with Crippen LogP contribution in [-0.2, 0) is 4.79 Å². The van der Waals surface area contributed by atoms with Crippen LogP contribution >= 0.6 is 0 Å². The van der Waals surface area contributed by atoms with Gasteiger partial charge in [-0.3, -0.25) is 4.79 Å². The number of carbonyl (C=O) groups excluding carboxylic acids is 1. The van der Waals surface area contributed by atoms with Crippen LogP contribution in [0.1, 0.15) is 42.2 Å². The predicted octanol–water partition coefficient (Wildman–Crippen LogP) is 2.70. The summed E-state index contributed by atoms with van der Waals surface area (Å²) in [4.78, 5) is 36.9. The van der Waals surface area contributed by atoms with Crippen molar-refractivity contribution in [3.05, 3.63) is 41.9 Å². The second-order valence-electron chi connectivity index (χ2n) is 9.32. The van der Waals surface area contributed by atoms with Gasteiger partial charge in [-0.2, -0.15) is 4.98 Å². The number of carboxylic acids is 1. The molecule has 1 aliphatic heterocycles. The molecule has 2 bridgehead atoms. The molecule has 2 aromatic rings. The standard InChI is InChI=1S/C23H28N6O3/c1-27(2)21(30)18-10-16-11-24-23(25-19-7-6-15(22(31)32)12-28(19)3)26-20(16)29(18)17-9-13-4-5-14(17)8-13/h6-7,10-14,17,19H,4-5,8-9H2,1-3H3,(H,31,32)(H,24,25,26). The lowest BCUT2D eigenvalue weighted by atomic mass is 9.95. The number of hydrogen-bond acceptors (Lipinski definition) is 6. The average Bonchev–Trinajstić information content (AvgIpc) is 3.47. The molecule has 5 rings (SSSR count). The first-order chi connectivity index (χ1) is 15.3. The van der Waals surface area contributed by atoms with E-state index in [1.807, 2.05) is 6.07 Å². The van der Waals surface area contributed by atoms with Crippen LogP contribution in [0.5, 0.6) is 0 Å². The number of rotatable bonds is 5. The number of hydrogen-bond donors (Lipinski definition) is 2. The fraction of sp³-hybridized carbons (Fsp3) is 0.478. The fourth-order valence-electron chi connectivity index (χ4n) is 5.42. The molecular formula is C23H28N6O3. The van der Waals surface area contributed by atoms with Gasteiger partial charge in [0, 0.05) is 45.0 Å². The molecule has 2 N–H and O–H groups in total. The molecule has 4 unspecified atom stereocenters. The van der Waals surface area contributed by atoms with E-state index < -0.39 is 5.97 Å². The first-order valence-electron chi connectivity index (χ1n) is 11.0. The summed E-state index contributed by atoms with van der Waals surface area (Å²) in [6.07, 6.45) is 11.2. The van der Waals surface area contributed by atoms with Crippen molar-refractivity contribution in [3.63, 3.8) is 0 Å². The van der Waals surface area contributed by atoms with Gasteiger partial charge in [0.1, 0.15) is 17.5 Å². The van der Waals surface area contributed by atoms with E-state index in [0.717, 1.165) is 23.4 Å². The Morgan fingerprint density at radius 1 is 1.25 bits per heavy atom. The van der Waals surface area contributed by atoms with Crippen molar-refractivity contribution in [3.8, 4) is 0 Å². The average molecular weight is 437 g/mol. The van der Waals surface area contributed by atoms with Crippen molar-refractivity contribution < 1.29 is 14.7 Å². The third-order valence-electron chi connectivity index (χ3n) is 7.00. The van der Waals surface area contributed by atoms with Gasteiger partial charge in [0.25, 0.3) is 5.91 Å². The monoisotopic (exact) mass is 436 g/mol. The van der Waals surface area contributed by atoms with Crippen LogP contribution in [0.4, 0.5) is 5.95 Å². The zero-order chi connectivity index (χ0) is 22.6. The molecule has 0 saturated heterocycles. The highest BCUT2D eigenvalue weighted by Crippen LogP contribution is 2.51. The Morgan fingerprint density at radius 2 is 2.06 bits per heavy atom. The minimum atomic E-state index is -0.967. The van der Waals surface area contributed by atoms with Crippen molar-refractivity contribution in [1.29, 1.82) is 0 Å². The van der Waals surface area contributed by atoms with Crippen LogP contribution in [0.2, 0.25) is 0 Å². The maximum absolute atomic E-state index is 13.0. The van der Waals surface area contributed by atoms with E-state index >= 15 is 0 Å². The van der Waals surface area contributed by atoms with E-state index in [0.29, 0.717) is 17.6 Å². The molecule has 2 saturated carbocycles. The number of amides is 1. The number of anilines is 1. The Bertz CT molecular complexity index is 1150. The molecule has 4 atom stereocenters. The first-order valence-corrected chi connectivity index (χ1v) is 11.0. The third kappa shape index (κ3) is 3.41. The van der Waals surface area contributed by atoms with Gasteiger partial charge in [-0.1, -0.05) is 6.42 Å². The molecule has 0 aromatic carbocycles. The largest absolute Gasteiger partial charge is 0.478 e. The van der Waals surface area contributed by atoms with Gasteiger partial charge < -0.3 is 24.8 Å². The van der Waals surface area contributed by atoms with Crippen LogP contribution in [-0.4, -0.2) is 68.6 Å². The van der Waals surface area contributed by atoms with Crippen molar-refractivity contribution in [2.24, 2.45) is 11.8 Å². The summed E-state index contributed by atoms with van der Waals surface area (Å²) in [5, 5.41) is 13.3. The lowest BCUT2D eigenvalue weighted by Crippen LogP contribution is -2.36. The molecule has 3 heterocycles. The van der Waals surface area contributed by atoms with E-state index in [-0.39, 0.29) is 23.7 Å². The van der Waals surface area contributed by atoms with Crippen molar-refractivity contribution >= 4 is 28.9 Å². The van der Waals surface area contributed by atoms with E-state index in [4.69, 9.17) is 4.98 Å². The minimum Gasteiger partial charge on any atom is -0.478 e. The molecule has 32 heavy (non-hydrogen) atoms. The van der Waals surface area contributed by atoms with Crippen LogP contribution < -0.4 is 5.32 Å². The minimum absolute atomic E-state index is 0.0263. The molecule has 0 spiro atoms. The summed E-state index contributed by atoms with van der Waals surface area (Å²) in [5.74, 6) is 0.771. The van der Waals surface area contributed by atoms with E-state index in [1.165, 1.54) is 19.3 Å². The second-order valence-corrected chi connectivity index (χ2v) is 9.32. The highest BCUT2D eigenvalue weighted by Gasteiger charge is 2.42. The first kappa shape index (κ1) is 20.5. The van der Waals surface area contributed by atoms with Crippen LogP contribution in [0.25, 0.3) is 11.0 Å². The van der Waals surface area contributed by atoms with Crippen molar-refractivity contribution in [2.75, 3.05) is 26.5 Å². The summed E-state index contributed by atoms with van der Waals surface area (Å²) >= 11 is 0. The Kier molecular flexibility index (Phi) is 4.91. The molecule has 2 aromatic heterocycles. The summed E-state index contributed by atoms with van der Waals surface area (Å²) < 4.78 is 2.15. The number of likely N-dealkylation sites (N-methyl/N-ethyl adjacent to an activating group) is 1. The summed E-state index contributed by atoms with van der Waals surface area (Å²) in [6.45, 7) is 0. The molecule has 1 amide bonds. The van der Waals surface area contributed by atoms with Gasteiger partial charge >= 0.3 is 5.97 Å². The Hall–Kier alpha value is -3.36. The lowest BCUT2D eigenvalue weighted by molar-refractivity contribution is -0.132. The molecule has 2 aliphatic carbocycles. The molecule has 9 heteroatoms. The quantitative estimate of drug-likeness (QED) is 0.743. The number of nitrogens with zero attached hydrogens (tertiary/aromatic N) is 5. The highest BCUT2D eigenvalue weighted by atomic mass is 16.4. The fourth-order valence-corrected chi connectivity index (χ4v) is 5.42. The van der Waals surface area contributed by atoms with Gasteiger partial charge in [-0.05, 0) is 49.3 Å². The zero-order valence-electron chi connectivity index (χ0n) is 18.5. The molecule has 0 radical (unpaired) electrons. The molecular weight excluding hydrogens is 408 g/mol. The van der Waals surface area contributed by atoms with Gasteiger partial charge in [-0.15, -0.1) is 0 Å². The molecule has 2 fully saturated rings. The smallest absolute Gasteiger partial charge is 0.337 e. The number of carboxylic acid groups (broad SMARTS) is 1. The normalized spacial score (nSPS) is 26.5. The van der Waals surface area contributed by atoms with E-state index in [1.54, 1.807) is 55.5 Å². The van der Waals surface area contributed by atoms with Gasteiger partial charge in [0.2, 0.25) is 5.95 Å². The third-order valence-corrected chi connectivity index (χ3v) is 7.00. The number of carbonyl (C=O) groups is 2. The SMILES string of the molecule is CN(C)C(=O)c1cc2cnc(NC3C=CC(C(=O)O)=CN3C)nc2n1C1CC2CCC1C2. The predicted molar refractivity (Wildman–Crippen MR) is 120 cm³/mol. The topological polar surface area (TPSA) is 104 Å². The Balaban J connectivity index is 1.51. The summed E-state index contributed by atoms with van der Waals surface area (Å²) in [5.41, 5.74) is 1.66. The Morgan fingerprint density at radius 3 is 2.69 bits per heavy atom. The highest BCUT2D eigenvalue weighted by molar-refractivity contribution is 5.98. The van der Waals surface area contributed by atoms with Crippen molar-refractivity contribution in [1.82, 2.24) is 24.3 Å². The van der Waals surface area contributed by atoms with Crippen LogP contribution in [0, 0.1) is 11.8 Å². The van der Waals surface area contributed by atoms with Crippen LogP contribution in [0.15, 0.2) is 36.2 Å². The summed E-state index contributed by atoms with van der Waals surface area (Å²) in [6, 6.07) is 2.19. The maximum Gasteiger partial charge on any atom is 0.337 e. The van der Waals surface area contributed by atoms with Gasteiger partial charge in [0.05, 0.1) is 5.57 Å². The summed E-state index contributed by atoms with van der Waals surface area (Å²) in [7, 11) is 5.34. The zero-order valence-corrected chi connectivity index (χ0v) is 18.5. The number of aliphatic carboxylic acids is 1. The number of aromatic nitrogens is 3. The Labute approximate surface area is 186 Å². The van der Waals surface area contributed by atoms with E-state index in [2.05, 4.69) is 14.9 Å². The molecule has 3 aliphatic rings. The van der Waals surface area contributed by atoms with Crippen molar-refractivity contribution in [2.45, 2.75) is 37.9 Å². The van der Waals surface area contributed by atoms with Gasteiger partial charge in [0.15, 0.2) is 0 Å². The van der Waals surface area contributed by atoms with E-state index in [9.17, 15) is 14.7 Å².